The normalized spacial score (nSPS) is 8.70. The van der Waals surface area contributed by atoms with Crippen LogP contribution in [0.3, 0.4) is 0 Å². The van der Waals surface area contributed by atoms with Crippen LogP contribution in [0.5, 0.6) is 0 Å². The van der Waals surface area contributed by atoms with Gasteiger partial charge in [0, 0.05) is 32.7 Å². The van der Waals surface area contributed by atoms with E-state index in [9.17, 15) is 0 Å². The molecule has 0 saturated carbocycles. The van der Waals surface area contributed by atoms with E-state index in [2.05, 4.69) is 6.07 Å². The second-order valence-electron chi connectivity index (χ2n) is 1.79. The number of hydrogen-bond donors (Lipinski definition) is 0. The van der Waals surface area contributed by atoms with Crippen LogP contribution in [-0.2, 0) is 32.7 Å². The molecule has 0 spiro atoms. The van der Waals surface area contributed by atoms with Gasteiger partial charge in [-0.05, 0) is 0 Å². The summed E-state index contributed by atoms with van der Waals surface area (Å²) in [5, 5.41) is 1.30. The SMILES string of the molecule is Cc1[c-]cc(Cl)cc1Cl.[Y]. The number of benzene rings is 1. The van der Waals surface area contributed by atoms with Gasteiger partial charge in [-0.25, -0.2) is 0 Å². The molecule has 0 atom stereocenters. The summed E-state index contributed by atoms with van der Waals surface area (Å²) in [6.07, 6.45) is 0. The quantitative estimate of drug-likeness (QED) is 0.619. The predicted molar refractivity (Wildman–Crippen MR) is 40.0 cm³/mol. The van der Waals surface area contributed by atoms with Gasteiger partial charge in [0.15, 0.2) is 0 Å². The van der Waals surface area contributed by atoms with Gasteiger partial charge < -0.3 is 0 Å². The average Bonchev–Trinajstić information content (AvgIpc) is 1.80. The first-order valence-electron chi connectivity index (χ1n) is 2.53. The van der Waals surface area contributed by atoms with E-state index in [4.69, 9.17) is 23.2 Å². The van der Waals surface area contributed by atoms with Crippen LogP contribution in [0.4, 0.5) is 0 Å². The van der Waals surface area contributed by atoms with E-state index in [-0.39, 0.29) is 32.7 Å². The Hall–Kier alpha value is 0.904. The first-order chi connectivity index (χ1) is 4.20. The molecule has 0 bridgehead atoms. The summed E-state index contributed by atoms with van der Waals surface area (Å²) in [6.45, 7) is 1.89. The molecular weight excluding hydrogens is 244 g/mol. The van der Waals surface area contributed by atoms with Crippen LogP contribution in [0.2, 0.25) is 10.0 Å². The van der Waals surface area contributed by atoms with Gasteiger partial charge in [-0.3, -0.25) is 0 Å². The summed E-state index contributed by atoms with van der Waals surface area (Å²) in [7, 11) is 0. The van der Waals surface area contributed by atoms with Gasteiger partial charge in [-0.2, -0.15) is 35.3 Å². The Morgan fingerprint density at radius 2 is 2.00 bits per heavy atom. The van der Waals surface area contributed by atoms with Crippen molar-refractivity contribution in [2.45, 2.75) is 6.92 Å². The van der Waals surface area contributed by atoms with Crippen molar-refractivity contribution >= 4 is 23.2 Å². The van der Waals surface area contributed by atoms with Gasteiger partial charge in [0.1, 0.15) is 0 Å². The zero-order chi connectivity index (χ0) is 6.85. The van der Waals surface area contributed by atoms with Gasteiger partial charge in [0.05, 0.1) is 0 Å². The molecule has 0 heterocycles. The van der Waals surface area contributed by atoms with Crippen LogP contribution in [0, 0.1) is 13.0 Å². The fourth-order valence-corrected chi connectivity index (χ4v) is 0.909. The monoisotopic (exact) mass is 248 g/mol. The molecule has 0 unspecified atom stereocenters. The Morgan fingerprint density at radius 3 is 2.40 bits per heavy atom. The molecule has 1 rings (SSSR count). The van der Waals surface area contributed by atoms with Crippen molar-refractivity contribution < 1.29 is 32.7 Å². The van der Waals surface area contributed by atoms with E-state index in [1.54, 1.807) is 12.1 Å². The molecule has 0 aliphatic heterocycles. The molecule has 3 heteroatoms. The Morgan fingerprint density at radius 1 is 1.40 bits per heavy atom. The molecule has 0 fully saturated rings. The summed E-state index contributed by atoms with van der Waals surface area (Å²) in [4.78, 5) is 0. The van der Waals surface area contributed by atoms with Crippen LogP contribution in [0.15, 0.2) is 12.1 Å². The third kappa shape index (κ3) is 2.88. The second-order valence-corrected chi connectivity index (χ2v) is 2.63. The van der Waals surface area contributed by atoms with Crippen LogP contribution >= 0.6 is 23.2 Å². The largest absolute Gasteiger partial charge is 0.178 e. The molecule has 1 aromatic rings. The number of rotatable bonds is 0. The van der Waals surface area contributed by atoms with Crippen molar-refractivity contribution in [3.05, 3.63) is 33.8 Å². The maximum atomic E-state index is 5.70. The van der Waals surface area contributed by atoms with E-state index < -0.39 is 0 Å². The van der Waals surface area contributed by atoms with Gasteiger partial charge in [-0.15, -0.1) is 11.6 Å². The topological polar surface area (TPSA) is 0 Å². The smallest absolute Gasteiger partial charge is 0 e. The van der Waals surface area contributed by atoms with E-state index in [1.165, 1.54) is 0 Å². The zero-order valence-electron chi connectivity index (χ0n) is 5.49. The molecule has 1 radical (unpaired) electrons. The first kappa shape index (κ1) is 10.9. The molecule has 0 aliphatic rings. The van der Waals surface area contributed by atoms with Crippen LogP contribution in [-0.4, -0.2) is 0 Å². The van der Waals surface area contributed by atoms with Crippen molar-refractivity contribution in [3.8, 4) is 0 Å². The molecular formula is C7H5Cl2Y-. The summed E-state index contributed by atoms with van der Waals surface area (Å²) in [6, 6.07) is 6.30. The third-order valence-corrected chi connectivity index (χ3v) is 1.66. The van der Waals surface area contributed by atoms with E-state index >= 15 is 0 Å². The first-order valence-corrected chi connectivity index (χ1v) is 3.29. The number of hydrogen-bond acceptors (Lipinski definition) is 0. The number of aryl methyl sites for hydroxylation is 1. The minimum absolute atomic E-state index is 0. The van der Waals surface area contributed by atoms with Crippen molar-refractivity contribution in [2.75, 3.05) is 0 Å². The second kappa shape index (κ2) is 4.72. The van der Waals surface area contributed by atoms with Gasteiger partial charge in [0.2, 0.25) is 0 Å². The summed E-state index contributed by atoms with van der Waals surface area (Å²) < 4.78 is 0. The Kier molecular flexibility index (Phi) is 5.14. The van der Waals surface area contributed by atoms with Crippen molar-refractivity contribution in [3.63, 3.8) is 0 Å². The number of halogens is 2. The molecule has 51 valence electrons. The van der Waals surface area contributed by atoms with E-state index in [0.717, 1.165) is 5.56 Å². The fourth-order valence-electron chi connectivity index (χ4n) is 0.517. The third-order valence-electron chi connectivity index (χ3n) is 1.05. The molecule has 10 heavy (non-hydrogen) atoms. The van der Waals surface area contributed by atoms with Gasteiger partial charge in [0.25, 0.3) is 0 Å². The summed E-state index contributed by atoms with van der Waals surface area (Å²) in [5.74, 6) is 0. The Bertz CT molecular complexity index is 223. The summed E-state index contributed by atoms with van der Waals surface area (Å²) in [5.41, 5.74) is 0.932. The van der Waals surface area contributed by atoms with E-state index in [0.29, 0.717) is 10.0 Å². The molecule has 0 aliphatic carbocycles. The van der Waals surface area contributed by atoms with Crippen molar-refractivity contribution in [1.29, 1.82) is 0 Å². The van der Waals surface area contributed by atoms with E-state index in [1.807, 2.05) is 6.92 Å². The minimum Gasteiger partial charge on any atom is -0.178 e. The molecule has 0 saturated heterocycles. The fraction of sp³-hybridized carbons (Fsp3) is 0.143. The molecule has 0 aromatic heterocycles. The standard InChI is InChI=1S/C7H5Cl2.Y/c1-5-2-3-6(8)4-7(5)9;/h3-4H,1H3;/q-1;. The van der Waals surface area contributed by atoms with Gasteiger partial charge in [-0.1, -0.05) is 17.0 Å². The molecule has 0 N–H and O–H groups in total. The van der Waals surface area contributed by atoms with Crippen LogP contribution in [0.1, 0.15) is 5.56 Å². The Balaban J connectivity index is 0.000000810. The van der Waals surface area contributed by atoms with Crippen molar-refractivity contribution in [2.24, 2.45) is 0 Å². The average molecular weight is 249 g/mol. The minimum atomic E-state index is 0. The zero-order valence-corrected chi connectivity index (χ0v) is 9.84. The molecule has 0 amide bonds. The van der Waals surface area contributed by atoms with Crippen LogP contribution < -0.4 is 0 Å². The summed E-state index contributed by atoms with van der Waals surface area (Å²) >= 11 is 11.3. The Labute approximate surface area is 95.8 Å². The van der Waals surface area contributed by atoms with Crippen LogP contribution in [0.25, 0.3) is 0 Å². The van der Waals surface area contributed by atoms with Crippen molar-refractivity contribution in [1.82, 2.24) is 0 Å². The molecule has 0 nitrogen and oxygen atoms in total. The molecule has 1 aromatic carbocycles. The maximum absolute atomic E-state index is 5.70. The maximum Gasteiger partial charge on any atom is 0 e. The predicted octanol–water partition coefficient (Wildman–Crippen LogP) is 3.10. The van der Waals surface area contributed by atoms with Gasteiger partial charge >= 0.3 is 0 Å².